The maximum atomic E-state index is 12.7. The molecule has 0 N–H and O–H groups in total. The molecule has 22 heavy (non-hydrogen) atoms. The predicted molar refractivity (Wildman–Crippen MR) is 89.5 cm³/mol. The molecular weight excluding hydrogens is 294 g/mol. The summed E-state index contributed by atoms with van der Waals surface area (Å²) in [5, 5.41) is 3.35. The Bertz CT molecular complexity index is 658. The van der Waals surface area contributed by atoms with Crippen molar-refractivity contribution < 1.29 is 4.79 Å². The number of thiazole rings is 1. The summed E-state index contributed by atoms with van der Waals surface area (Å²) in [5.41, 5.74) is 1.94. The van der Waals surface area contributed by atoms with Crippen molar-refractivity contribution in [2.24, 2.45) is 7.05 Å². The number of aryl methyl sites for hydroxylation is 1. The maximum Gasteiger partial charge on any atom is 0.270 e. The first-order chi connectivity index (χ1) is 10.6. The van der Waals surface area contributed by atoms with E-state index in [-0.39, 0.29) is 5.91 Å². The normalized spacial score (nSPS) is 18.9. The van der Waals surface area contributed by atoms with E-state index in [9.17, 15) is 4.79 Å². The fraction of sp³-hybridized carbons (Fsp3) is 0.529. The number of hydrogen-bond acceptors (Lipinski definition) is 3. The summed E-state index contributed by atoms with van der Waals surface area (Å²) in [6.45, 7) is 5.98. The number of nitrogens with zero attached hydrogens (tertiary/aromatic N) is 3. The van der Waals surface area contributed by atoms with Crippen molar-refractivity contribution in [3.63, 3.8) is 0 Å². The lowest BCUT2D eigenvalue weighted by molar-refractivity contribution is 0.0697. The number of amides is 1. The average molecular weight is 317 g/mol. The van der Waals surface area contributed by atoms with E-state index in [1.165, 1.54) is 10.7 Å². The molecule has 0 spiro atoms. The van der Waals surface area contributed by atoms with Gasteiger partial charge in [0.15, 0.2) is 0 Å². The van der Waals surface area contributed by atoms with Gasteiger partial charge < -0.3 is 9.47 Å². The van der Waals surface area contributed by atoms with Crippen molar-refractivity contribution >= 4 is 17.2 Å². The summed E-state index contributed by atoms with van der Waals surface area (Å²) < 4.78 is 1.90. The second kappa shape index (κ2) is 6.24. The Kier molecular flexibility index (Phi) is 4.34. The number of carbonyl (C=O) groups is 1. The van der Waals surface area contributed by atoms with Crippen molar-refractivity contribution in [1.29, 1.82) is 0 Å². The molecule has 1 fully saturated rings. The minimum atomic E-state index is 0.137. The zero-order chi connectivity index (χ0) is 15.7. The summed E-state index contributed by atoms with van der Waals surface area (Å²) in [5.74, 6) is 0.989. The molecule has 1 aliphatic heterocycles. The fourth-order valence-electron chi connectivity index (χ4n) is 2.96. The molecule has 0 aromatic carbocycles. The van der Waals surface area contributed by atoms with Crippen LogP contribution in [-0.4, -0.2) is 33.4 Å². The zero-order valence-corrected chi connectivity index (χ0v) is 14.3. The van der Waals surface area contributed by atoms with Gasteiger partial charge in [-0.2, -0.15) is 0 Å². The van der Waals surface area contributed by atoms with Crippen LogP contribution in [0.3, 0.4) is 0 Å². The van der Waals surface area contributed by atoms with Gasteiger partial charge >= 0.3 is 0 Å². The average Bonchev–Trinajstić information content (AvgIpc) is 3.15. The largest absolute Gasteiger partial charge is 0.347 e. The third-order valence-electron chi connectivity index (χ3n) is 4.35. The Hall–Kier alpha value is -1.62. The Labute approximate surface area is 135 Å². The standard InChI is InChI=1S/C17H23N3OS/c1-12(2)14-11-22-16(18-14)13-6-4-9-20(10-13)17(21)15-7-5-8-19(15)3/h5,7-8,11-13H,4,6,9-10H2,1-3H3. The smallest absolute Gasteiger partial charge is 0.270 e. The molecule has 1 atom stereocenters. The molecule has 0 saturated carbocycles. The Morgan fingerprint density at radius 3 is 2.91 bits per heavy atom. The Balaban J connectivity index is 1.73. The third-order valence-corrected chi connectivity index (χ3v) is 5.38. The van der Waals surface area contributed by atoms with Crippen LogP contribution in [0.4, 0.5) is 0 Å². The summed E-state index contributed by atoms with van der Waals surface area (Å²) in [6.07, 6.45) is 4.10. The molecule has 3 heterocycles. The SMILES string of the molecule is CC(C)c1csc(C2CCCN(C(=O)c3cccn3C)C2)n1. The van der Waals surface area contributed by atoms with E-state index in [1.54, 1.807) is 11.3 Å². The van der Waals surface area contributed by atoms with E-state index in [1.807, 2.05) is 34.8 Å². The van der Waals surface area contributed by atoms with E-state index < -0.39 is 0 Å². The molecular formula is C17H23N3OS. The molecule has 0 radical (unpaired) electrons. The quantitative estimate of drug-likeness (QED) is 0.867. The number of carbonyl (C=O) groups excluding carboxylic acids is 1. The van der Waals surface area contributed by atoms with E-state index in [0.717, 1.165) is 31.6 Å². The predicted octanol–water partition coefficient (Wildman–Crippen LogP) is 3.62. The molecule has 1 amide bonds. The second-order valence-electron chi connectivity index (χ2n) is 6.36. The van der Waals surface area contributed by atoms with Crippen LogP contribution in [0.5, 0.6) is 0 Å². The molecule has 0 bridgehead atoms. The van der Waals surface area contributed by atoms with Crippen LogP contribution in [0.1, 0.15) is 59.7 Å². The highest BCUT2D eigenvalue weighted by atomic mass is 32.1. The first-order valence-electron chi connectivity index (χ1n) is 7.92. The van der Waals surface area contributed by atoms with E-state index in [4.69, 9.17) is 4.98 Å². The number of aromatic nitrogens is 2. The minimum absolute atomic E-state index is 0.137. The van der Waals surface area contributed by atoms with Crippen molar-refractivity contribution in [3.05, 3.63) is 40.1 Å². The third kappa shape index (κ3) is 2.95. The Morgan fingerprint density at radius 1 is 1.45 bits per heavy atom. The molecule has 1 aliphatic rings. The van der Waals surface area contributed by atoms with Crippen LogP contribution in [-0.2, 0) is 7.05 Å². The topological polar surface area (TPSA) is 38.1 Å². The van der Waals surface area contributed by atoms with E-state index >= 15 is 0 Å². The second-order valence-corrected chi connectivity index (χ2v) is 7.25. The summed E-state index contributed by atoms with van der Waals surface area (Å²) in [7, 11) is 1.92. The molecule has 0 aliphatic carbocycles. The van der Waals surface area contributed by atoms with Gasteiger partial charge in [0.05, 0.1) is 10.7 Å². The molecule has 4 nitrogen and oxygen atoms in total. The number of likely N-dealkylation sites (tertiary alicyclic amines) is 1. The minimum Gasteiger partial charge on any atom is -0.347 e. The van der Waals surface area contributed by atoms with Crippen LogP contribution in [0, 0.1) is 0 Å². The van der Waals surface area contributed by atoms with Gasteiger partial charge in [-0.1, -0.05) is 13.8 Å². The van der Waals surface area contributed by atoms with E-state index in [0.29, 0.717) is 11.8 Å². The number of rotatable bonds is 3. The molecule has 2 aromatic heterocycles. The van der Waals surface area contributed by atoms with Gasteiger partial charge in [-0.25, -0.2) is 4.98 Å². The number of hydrogen-bond donors (Lipinski definition) is 0. The van der Waals surface area contributed by atoms with Crippen molar-refractivity contribution in [2.45, 2.75) is 38.5 Å². The highest BCUT2D eigenvalue weighted by Crippen LogP contribution is 2.31. The van der Waals surface area contributed by atoms with Crippen LogP contribution >= 0.6 is 11.3 Å². The summed E-state index contributed by atoms with van der Waals surface area (Å²) in [4.78, 5) is 19.4. The lowest BCUT2D eigenvalue weighted by atomic mass is 9.98. The first kappa shape index (κ1) is 15.3. The van der Waals surface area contributed by atoms with Crippen LogP contribution in [0.15, 0.2) is 23.7 Å². The van der Waals surface area contributed by atoms with Gasteiger partial charge in [0.1, 0.15) is 5.69 Å². The highest BCUT2D eigenvalue weighted by molar-refractivity contribution is 7.09. The molecule has 2 aromatic rings. The number of piperidine rings is 1. The first-order valence-corrected chi connectivity index (χ1v) is 8.80. The molecule has 1 unspecified atom stereocenters. The van der Waals surface area contributed by atoms with Crippen LogP contribution < -0.4 is 0 Å². The van der Waals surface area contributed by atoms with Crippen molar-refractivity contribution in [3.8, 4) is 0 Å². The molecule has 5 heteroatoms. The molecule has 3 rings (SSSR count). The highest BCUT2D eigenvalue weighted by Gasteiger charge is 2.28. The van der Waals surface area contributed by atoms with Gasteiger partial charge in [-0.3, -0.25) is 4.79 Å². The maximum absolute atomic E-state index is 12.7. The van der Waals surface area contributed by atoms with Crippen molar-refractivity contribution in [2.75, 3.05) is 13.1 Å². The van der Waals surface area contributed by atoms with Crippen LogP contribution in [0.25, 0.3) is 0 Å². The van der Waals surface area contributed by atoms with E-state index in [2.05, 4.69) is 19.2 Å². The van der Waals surface area contributed by atoms with Crippen LogP contribution in [0.2, 0.25) is 0 Å². The van der Waals surface area contributed by atoms with Gasteiger partial charge in [0, 0.05) is 37.6 Å². The van der Waals surface area contributed by atoms with Gasteiger partial charge in [0.2, 0.25) is 0 Å². The van der Waals surface area contributed by atoms with Gasteiger partial charge in [0.25, 0.3) is 5.91 Å². The van der Waals surface area contributed by atoms with Crippen molar-refractivity contribution in [1.82, 2.24) is 14.5 Å². The van der Waals surface area contributed by atoms with Gasteiger partial charge in [-0.15, -0.1) is 11.3 Å². The monoisotopic (exact) mass is 317 g/mol. The molecule has 118 valence electrons. The summed E-state index contributed by atoms with van der Waals surface area (Å²) >= 11 is 1.74. The lowest BCUT2D eigenvalue weighted by Crippen LogP contribution is -2.39. The zero-order valence-electron chi connectivity index (χ0n) is 13.5. The fourth-order valence-corrected chi connectivity index (χ4v) is 4.07. The van der Waals surface area contributed by atoms with Gasteiger partial charge in [-0.05, 0) is 30.9 Å². The Morgan fingerprint density at radius 2 is 2.27 bits per heavy atom. The summed E-state index contributed by atoms with van der Waals surface area (Å²) in [6, 6.07) is 3.82. The lowest BCUT2D eigenvalue weighted by Gasteiger charge is -2.32. The molecule has 1 saturated heterocycles.